The minimum absolute atomic E-state index is 0.0323. The van der Waals surface area contributed by atoms with E-state index >= 15 is 0 Å². The number of hydrogen-bond acceptors (Lipinski definition) is 6. The number of nitrogens with one attached hydrogen (secondary N) is 2. The molecule has 0 unspecified atom stereocenters. The van der Waals surface area contributed by atoms with Crippen molar-refractivity contribution in [3.8, 4) is 0 Å². The zero-order valence-electron chi connectivity index (χ0n) is 21.9. The highest BCUT2D eigenvalue weighted by atomic mass is 32.2. The molecule has 0 atom stereocenters. The third kappa shape index (κ3) is 8.75. The van der Waals surface area contributed by atoms with Crippen molar-refractivity contribution in [1.82, 2.24) is 15.0 Å². The van der Waals surface area contributed by atoms with Gasteiger partial charge >= 0.3 is 5.97 Å². The standard InChI is InChI=1S/C29H33N3O6S/c1-2-3-4-5-7-12-23-19-26(29(35)36)31-20-25(23)28(34)32-39(37,38)24-15-13-21(14-16-24)17-18-30-27(33)22-10-8-6-9-11-22/h6,8-11,13-16,19-20H,2-5,7,12,17-18H2,1H3,(H,30,33)(H,32,34)(H,35,36). The molecule has 0 saturated heterocycles. The van der Waals surface area contributed by atoms with E-state index in [1.54, 1.807) is 36.4 Å². The van der Waals surface area contributed by atoms with Crippen LogP contribution in [0.3, 0.4) is 0 Å². The van der Waals surface area contributed by atoms with E-state index in [9.17, 15) is 27.9 Å². The van der Waals surface area contributed by atoms with E-state index < -0.39 is 21.9 Å². The van der Waals surface area contributed by atoms with Crippen LogP contribution >= 0.6 is 0 Å². The summed E-state index contributed by atoms with van der Waals surface area (Å²) >= 11 is 0. The summed E-state index contributed by atoms with van der Waals surface area (Å²) in [6, 6.07) is 16.2. The topological polar surface area (TPSA) is 143 Å². The number of carboxylic acid groups (broad SMARTS) is 1. The van der Waals surface area contributed by atoms with Gasteiger partial charge in [-0.15, -0.1) is 0 Å². The van der Waals surface area contributed by atoms with Crippen molar-refractivity contribution >= 4 is 27.8 Å². The van der Waals surface area contributed by atoms with Gasteiger partial charge < -0.3 is 10.4 Å². The van der Waals surface area contributed by atoms with E-state index in [-0.39, 0.29) is 22.1 Å². The van der Waals surface area contributed by atoms with Gasteiger partial charge in [-0.25, -0.2) is 22.9 Å². The van der Waals surface area contributed by atoms with E-state index in [1.165, 1.54) is 18.2 Å². The molecule has 0 spiro atoms. The van der Waals surface area contributed by atoms with Crippen LogP contribution in [0.15, 0.2) is 71.8 Å². The third-order valence-electron chi connectivity index (χ3n) is 6.20. The van der Waals surface area contributed by atoms with E-state index in [2.05, 4.69) is 21.9 Å². The summed E-state index contributed by atoms with van der Waals surface area (Å²) < 4.78 is 27.9. The molecule has 0 radical (unpaired) electrons. The number of carboxylic acids is 1. The Labute approximate surface area is 228 Å². The van der Waals surface area contributed by atoms with Crippen LogP contribution in [-0.4, -0.2) is 42.8 Å². The Hall–Kier alpha value is -4.05. The fraction of sp³-hybridized carbons (Fsp3) is 0.310. The Kier molecular flexibility index (Phi) is 10.7. The first-order chi connectivity index (χ1) is 18.7. The van der Waals surface area contributed by atoms with Gasteiger partial charge in [-0.2, -0.15) is 0 Å². The summed E-state index contributed by atoms with van der Waals surface area (Å²) in [6.07, 6.45) is 6.89. The van der Waals surface area contributed by atoms with Crippen molar-refractivity contribution in [3.05, 3.63) is 94.8 Å². The van der Waals surface area contributed by atoms with Crippen molar-refractivity contribution in [2.45, 2.75) is 56.8 Å². The van der Waals surface area contributed by atoms with Crippen molar-refractivity contribution < 1.29 is 27.9 Å². The minimum atomic E-state index is -4.18. The largest absolute Gasteiger partial charge is 0.477 e. The van der Waals surface area contributed by atoms with Gasteiger partial charge in [-0.1, -0.05) is 62.9 Å². The fourth-order valence-corrected chi connectivity index (χ4v) is 4.99. The summed E-state index contributed by atoms with van der Waals surface area (Å²) in [6.45, 7) is 2.47. The molecule has 39 heavy (non-hydrogen) atoms. The summed E-state index contributed by atoms with van der Waals surface area (Å²) in [5.74, 6) is -2.28. The molecule has 3 rings (SSSR count). The highest BCUT2D eigenvalue weighted by molar-refractivity contribution is 7.90. The Morgan fingerprint density at radius 3 is 2.23 bits per heavy atom. The molecule has 206 valence electrons. The predicted octanol–water partition coefficient (Wildman–Crippen LogP) is 4.38. The first kappa shape index (κ1) is 29.5. The highest BCUT2D eigenvalue weighted by Gasteiger charge is 2.22. The molecule has 0 saturated carbocycles. The SMILES string of the molecule is CCCCCCCc1cc(C(=O)O)ncc1C(=O)NS(=O)(=O)c1ccc(CCNC(=O)c2ccccc2)cc1. The molecule has 2 amide bonds. The van der Waals surface area contributed by atoms with Gasteiger partial charge in [0.1, 0.15) is 5.69 Å². The second-order valence-corrected chi connectivity index (χ2v) is 10.8. The summed E-state index contributed by atoms with van der Waals surface area (Å²) in [7, 11) is -4.18. The van der Waals surface area contributed by atoms with Crippen LogP contribution in [0.1, 0.15) is 81.4 Å². The van der Waals surface area contributed by atoms with Crippen molar-refractivity contribution in [2.75, 3.05) is 6.54 Å². The second kappa shape index (κ2) is 14.2. The molecule has 2 aromatic carbocycles. The van der Waals surface area contributed by atoms with Gasteiger partial charge in [0.2, 0.25) is 0 Å². The Bertz CT molecular complexity index is 1390. The molecule has 3 aromatic rings. The maximum Gasteiger partial charge on any atom is 0.354 e. The van der Waals surface area contributed by atoms with Crippen LogP contribution in [0, 0.1) is 0 Å². The molecular weight excluding hydrogens is 518 g/mol. The lowest BCUT2D eigenvalue weighted by molar-refractivity contribution is 0.0689. The lowest BCUT2D eigenvalue weighted by Crippen LogP contribution is -2.31. The number of aromatic carboxylic acids is 1. The molecule has 1 heterocycles. The molecular formula is C29H33N3O6S. The number of nitrogens with zero attached hydrogens (tertiary/aromatic N) is 1. The number of aryl methyl sites for hydroxylation is 1. The van der Waals surface area contributed by atoms with Gasteiger partial charge in [0.05, 0.1) is 10.5 Å². The van der Waals surface area contributed by atoms with Crippen LogP contribution in [0.5, 0.6) is 0 Å². The molecule has 10 heteroatoms. The van der Waals surface area contributed by atoms with Gasteiger partial charge in [-0.3, -0.25) is 9.59 Å². The smallest absolute Gasteiger partial charge is 0.354 e. The number of carbonyl (C=O) groups excluding carboxylic acids is 2. The maximum absolute atomic E-state index is 12.9. The zero-order valence-corrected chi connectivity index (χ0v) is 22.7. The second-order valence-electron chi connectivity index (χ2n) is 9.15. The van der Waals surface area contributed by atoms with Crippen LogP contribution in [-0.2, 0) is 22.9 Å². The summed E-state index contributed by atoms with van der Waals surface area (Å²) in [5.41, 5.74) is 1.65. The molecule has 0 aliphatic rings. The van der Waals surface area contributed by atoms with Crippen molar-refractivity contribution in [1.29, 1.82) is 0 Å². The lowest BCUT2D eigenvalue weighted by atomic mass is 10.0. The maximum atomic E-state index is 12.9. The van der Waals surface area contributed by atoms with Gasteiger partial charge in [-0.05, 0) is 60.7 Å². The number of pyridine rings is 1. The number of sulfonamides is 1. The molecule has 0 aliphatic heterocycles. The van der Waals surface area contributed by atoms with Gasteiger partial charge in [0.15, 0.2) is 0 Å². The fourth-order valence-electron chi connectivity index (χ4n) is 4.03. The Balaban J connectivity index is 1.63. The Morgan fingerprint density at radius 1 is 0.872 bits per heavy atom. The number of rotatable bonds is 14. The Morgan fingerprint density at radius 2 is 1.56 bits per heavy atom. The zero-order chi connectivity index (χ0) is 28.3. The van der Waals surface area contributed by atoms with E-state index in [0.29, 0.717) is 30.5 Å². The first-order valence-electron chi connectivity index (χ1n) is 12.9. The van der Waals surface area contributed by atoms with Crippen LogP contribution in [0.4, 0.5) is 0 Å². The number of unbranched alkanes of at least 4 members (excludes halogenated alkanes) is 4. The van der Waals surface area contributed by atoms with E-state index in [1.807, 2.05) is 6.07 Å². The van der Waals surface area contributed by atoms with E-state index in [4.69, 9.17) is 0 Å². The molecule has 3 N–H and O–H groups in total. The monoisotopic (exact) mass is 551 g/mol. The molecule has 1 aromatic heterocycles. The predicted molar refractivity (Wildman–Crippen MR) is 147 cm³/mol. The summed E-state index contributed by atoms with van der Waals surface area (Å²) in [4.78, 5) is 40.2. The highest BCUT2D eigenvalue weighted by Crippen LogP contribution is 2.17. The lowest BCUT2D eigenvalue weighted by Gasteiger charge is -2.12. The number of amides is 2. The van der Waals surface area contributed by atoms with Crippen molar-refractivity contribution in [3.63, 3.8) is 0 Å². The minimum Gasteiger partial charge on any atom is -0.477 e. The molecule has 0 aliphatic carbocycles. The number of benzene rings is 2. The normalized spacial score (nSPS) is 11.1. The van der Waals surface area contributed by atoms with Gasteiger partial charge in [0.25, 0.3) is 21.8 Å². The van der Waals surface area contributed by atoms with Crippen LogP contribution in [0.2, 0.25) is 0 Å². The summed E-state index contributed by atoms with van der Waals surface area (Å²) in [5, 5.41) is 12.1. The van der Waals surface area contributed by atoms with Gasteiger partial charge in [0, 0.05) is 18.3 Å². The average Bonchev–Trinajstić information content (AvgIpc) is 2.93. The van der Waals surface area contributed by atoms with Crippen molar-refractivity contribution in [2.24, 2.45) is 0 Å². The number of aromatic nitrogens is 1. The van der Waals surface area contributed by atoms with E-state index in [0.717, 1.165) is 43.9 Å². The number of carbonyl (C=O) groups is 3. The number of hydrogen-bond donors (Lipinski definition) is 3. The average molecular weight is 552 g/mol. The third-order valence-corrected chi connectivity index (χ3v) is 7.55. The molecule has 0 fully saturated rings. The first-order valence-corrected chi connectivity index (χ1v) is 14.4. The molecule has 0 bridgehead atoms. The van der Waals surface area contributed by atoms with Crippen LogP contribution in [0.25, 0.3) is 0 Å². The quantitative estimate of drug-likeness (QED) is 0.252. The molecule has 9 nitrogen and oxygen atoms in total. The van der Waals surface area contributed by atoms with Crippen LogP contribution < -0.4 is 10.0 Å².